The molecular formula is C18H18BrClFN3OS. The molecule has 1 saturated heterocycles. The molecular weight excluding hydrogens is 441 g/mol. The summed E-state index contributed by atoms with van der Waals surface area (Å²) in [6, 6.07) is 8.42. The van der Waals surface area contributed by atoms with E-state index in [0.29, 0.717) is 35.7 Å². The first-order valence-electron chi connectivity index (χ1n) is 8.18. The molecule has 1 aromatic heterocycles. The molecule has 0 amide bonds. The Labute approximate surface area is 170 Å². The highest BCUT2D eigenvalue weighted by atomic mass is 79.9. The minimum absolute atomic E-state index is 0.158. The average Bonchev–Trinajstić information content (AvgIpc) is 2.64. The van der Waals surface area contributed by atoms with Gasteiger partial charge >= 0.3 is 0 Å². The topological polar surface area (TPSA) is 46.2 Å². The summed E-state index contributed by atoms with van der Waals surface area (Å²) in [7, 11) is 0. The number of anilines is 1. The molecule has 0 bridgehead atoms. The summed E-state index contributed by atoms with van der Waals surface area (Å²) in [5, 5.41) is 7.19. The van der Waals surface area contributed by atoms with Crippen LogP contribution in [0.4, 0.5) is 10.2 Å². The Bertz CT molecular complexity index is 785. The smallest absolute Gasteiger partial charge is 0.172 e. The van der Waals surface area contributed by atoms with Gasteiger partial charge in [0.25, 0.3) is 0 Å². The van der Waals surface area contributed by atoms with Gasteiger partial charge in [-0.15, -0.1) is 0 Å². The third-order valence-electron chi connectivity index (χ3n) is 4.53. The summed E-state index contributed by atoms with van der Waals surface area (Å²) in [4.78, 5) is 4.22. The molecule has 4 nitrogen and oxygen atoms in total. The Balaban J connectivity index is 1.69. The van der Waals surface area contributed by atoms with Crippen LogP contribution in [0.2, 0.25) is 5.02 Å². The normalized spacial score (nSPS) is 16.1. The molecule has 2 N–H and O–H groups in total. The van der Waals surface area contributed by atoms with Crippen LogP contribution in [-0.2, 0) is 10.2 Å². The summed E-state index contributed by atoms with van der Waals surface area (Å²) in [5.74, 6) is 0.257. The van der Waals surface area contributed by atoms with E-state index in [0.717, 1.165) is 22.9 Å². The van der Waals surface area contributed by atoms with Crippen LogP contribution in [0.5, 0.6) is 0 Å². The summed E-state index contributed by atoms with van der Waals surface area (Å²) < 4.78 is 19.6. The molecule has 138 valence electrons. The van der Waals surface area contributed by atoms with Crippen LogP contribution in [0.25, 0.3) is 0 Å². The molecule has 1 fully saturated rings. The molecule has 0 radical (unpaired) electrons. The van der Waals surface area contributed by atoms with E-state index < -0.39 is 0 Å². The van der Waals surface area contributed by atoms with Crippen molar-refractivity contribution in [1.29, 1.82) is 0 Å². The van der Waals surface area contributed by atoms with Crippen molar-refractivity contribution in [3.05, 3.63) is 57.4 Å². The van der Waals surface area contributed by atoms with Crippen molar-refractivity contribution in [2.45, 2.75) is 18.3 Å². The molecule has 26 heavy (non-hydrogen) atoms. The SMILES string of the molecule is Fc1ccc(C2(CNC(=S)Nc3ncc(Br)cc3Cl)CCOCC2)cc1. The monoisotopic (exact) mass is 457 g/mol. The third-order valence-corrected chi connectivity index (χ3v) is 5.50. The largest absolute Gasteiger partial charge is 0.381 e. The van der Waals surface area contributed by atoms with Crippen molar-refractivity contribution in [2.75, 3.05) is 25.1 Å². The van der Waals surface area contributed by atoms with Crippen molar-refractivity contribution in [3.63, 3.8) is 0 Å². The highest BCUT2D eigenvalue weighted by Crippen LogP contribution is 2.34. The zero-order chi connectivity index (χ0) is 18.6. The van der Waals surface area contributed by atoms with Gasteiger partial charge in [-0.1, -0.05) is 23.7 Å². The van der Waals surface area contributed by atoms with E-state index >= 15 is 0 Å². The maximum Gasteiger partial charge on any atom is 0.172 e. The molecule has 2 heterocycles. The van der Waals surface area contributed by atoms with E-state index in [9.17, 15) is 4.39 Å². The fraction of sp³-hybridized carbons (Fsp3) is 0.333. The maximum absolute atomic E-state index is 13.3. The van der Waals surface area contributed by atoms with E-state index in [-0.39, 0.29) is 11.2 Å². The second-order valence-electron chi connectivity index (χ2n) is 6.19. The number of ether oxygens (including phenoxy) is 1. The summed E-state index contributed by atoms with van der Waals surface area (Å²) in [5.41, 5.74) is 0.923. The molecule has 1 aromatic carbocycles. The van der Waals surface area contributed by atoms with E-state index in [4.69, 9.17) is 28.6 Å². The third kappa shape index (κ3) is 4.71. The van der Waals surface area contributed by atoms with E-state index in [1.807, 2.05) is 12.1 Å². The predicted molar refractivity (Wildman–Crippen MR) is 109 cm³/mol. The number of nitrogens with one attached hydrogen (secondary N) is 2. The number of benzene rings is 1. The van der Waals surface area contributed by atoms with Crippen LogP contribution < -0.4 is 10.6 Å². The van der Waals surface area contributed by atoms with Crippen LogP contribution in [0.1, 0.15) is 18.4 Å². The van der Waals surface area contributed by atoms with Crippen molar-refractivity contribution in [2.24, 2.45) is 0 Å². The number of hydrogen-bond acceptors (Lipinski definition) is 3. The van der Waals surface area contributed by atoms with E-state index in [1.54, 1.807) is 12.3 Å². The first kappa shape index (κ1) is 19.5. The van der Waals surface area contributed by atoms with Crippen LogP contribution in [0, 0.1) is 5.82 Å². The van der Waals surface area contributed by atoms with Gasteiger partial charge in [-0.2, -0.15) is 0 Å². The van der Waals surface area contributed by atoms with Crippen molar-refractivity contribution in [3.8, 4) is 0 Å². The maximum atomic E-state index is 13.3. The molecule has 0 unspecified atom stereocenters. The van der Waals surface area contributed by atoms with Crippen LogP contribution in [0.15, 0.2) is 41.0 Å². The number of nitrogens with zero attached hydrogens (tertiary/aromatic N) is 1. The molecule has 0 spiro atoms. The number of pyridine rings is 1. The summed E-state index contributed by atoms with van der Waals surface area (Å²) in [6.45, 7) is 1.95. The number of aromatic nitrogens is 1. The highest BCUT2D eigenvalue weighted by Gasteiger charge is 2.34. The van der Waals surface area contributed by atoms with Gasteiger partial charge < -0.3 is 15.4 Å². The molecule has 0 saturated carbocycles. The van der Waals surface area contributed by atoms with Gasteiger partial charge in [0.05, 0.1) is 5.02 Å². The molecule has 0 atom stereocenters. The second kappa shape index (κ2) is 8.61. The minimum Gasteiger partial charge on any atom is -0.381 e. The summed E-state index contributed by atoms with van der Waals surface area (Å²) >= 11 is 14.9. The lowest BCUT2D eigenvalue weighted by Crippen LogP contribution is -2.45. The molecule has 0 aliphatic carbocycles. The van der Waals surface area contributed by atoms with Crippen LogP contribution >= 0.6 is 39.7 Å². The number of halogens is 3. The van der Waals surface area contributed by atoms with Gasteiger partial charge in [-0.3, -0.25) is 0 Å². The summed E-state index contributed by atoms with van der Waals surface area (Å²) in [6.07, 6.45) is 3.33. The molecule has 1 aliphatic heterocycles. The Morgan fingerprint density at radius 1 is 1.31 bits per heavy atom. The van der Waals surface area contributed by atoms with E-state index in [1.165, 1.54) is 12.1 Å². The average molecular weight is 459 g/mol. The lowest BCUT2D eigenvalue weighted by Gasteiger charge is -2.38. The fourth-order valence-electron chi connectivity index (χ4n) is 3.04. The second-order valence-corrected chi connectivity index (χ2v) is 7.92. The Morgan fingerprint density at radius 3 is 2.65 bits per heavy atom. The van der Waals surface area contributed by atoms with E-state index in [2.05, 4.69) is 31.5 Å². The van der Waals surface area contributed by atoms with Crippen molar-refractivity contribution in [1.82, 2.24) is 10.3 Å². The zero-order valence-electron chi connectivity index (χ0n) is 13.9. The van der Waals surface area contributed by atoms with Gasteiger partial charge in [0.15, 0.2) is 10.9 Å². The standard InChI is InChI=1S/C18H18BrClFN3OS/c19-13-9-15(20)16(22-10-13)24-17(26)23-11-18(5-7-25-8-6-18)12-1-3-14(21)4-2-12/h1-4,9-10H,5-8,11H2,(H2,22,23,24,26). The van der Waals surface area contributed by atoms with Crippen molar-refractivity contribution < 1.29 is 9.13 Å². The Kier molecular flexibility index (Phi) is 6.45. The molecule has 2 aromatic rings. The van der Waals surface area contributed by atoms with Gasteiger partial charge in [-0.05, 0) is 64.8 Å². The zero-order valence-corrected chi connectivity index (χ0v) is 17.1. The molecule has 1 aliphatic rings. The van der Waals surface area contributed by atoms with Crippen LogP contribution in [0.3, 0.4) is 0 Å². The highest BCUT2D eigenvalue weighted by molar-refractivity contribution is 9.10. The molecule has 3 rings (SSSR count). The first-order valence-corrected chi connectivity index (χ1v) is 9.76. The molecule has 8 heteroatoms. The van der Waals surface area contributed by atoms with Gasteiger partial charge in [0.2, 0.25) is 0 Å². The Morgan fingerprint density at radius 2 is 2.00 bits per heavy atom. The number of hydrogen-bond donors (Lipinski definition) is 2. The lowest BCUT2D eigenvalue weighted by atomic mass is 9.74. The predicted octanol–water partition coefficient (Wildman–Crippen LogP) is 4.67. The number of rotatable bonds is 4. The van der Waals surface area contributed by atoms with Gasteiger partial charge in [0.1, 0.15) is 5.82 Å². The minimum atomic E-state index is -0.239. The number of thiocarbonyl (C=S) groups is 1. The first-order chi connectivity index (χ1) is 12.5. The fourth-order valence-corrected chi connectivity index (χ4v) is 3.89. The quantitative estimate of drug-likeness (QED) is 0.652. The lowest BCUT2D eigenvalue weighted by molar-refractivity contribution is 0.0515. The van der Waals surface area contributed by atoms with Crippen molar-refractivity contribution >= 4 is 50.7 Å². The Hall–Kier alpha value is -1.28. The van der Waals surface area contributed by atoms with Gasteiger partial charge in [-0.25, -0.2) is 9.37 Å². The van der Waals surface area contributed by atoms with Gasteiger partial charge in [0, 0.05) is 35.8 Å². The van der Waals surface area contributed by atoms with Crippen LogP contribution in [-0.4, -0.2) is 29.9 Å².